The quantitative estimate of drug-likeness (QED) is 0.621. The Kier molecular flexibility index (Phi) is 1.86. The number of aromatic nitrogens is 1. The standard InChI is InChI=1S/C11H5N3/c12-6-8-5-9(7-13)14-11-4-2-1-3-10(8)11/h1-5H. The minimum absolute atomic E-state index is 0.278. The van der Waals surface area contributed by atoms with Gasteiger partial charge in [0.15, 0.2) is 0 Å². The Labute approximate surface area is 80.8 Å². The number of para-hydroxylation sites is 1. The van der Waals surface area contributed by atoms with Crippen LogP contribution in [0.2, 0.25) is 0 Å². The van der Waals surface area contributed by atoms with Gasteiger partial charge in [-0.15, -0.1) is 0 Å². The fraction of sp³-hybridized carbons (Fsp3) is 0. The molecule has 0 saturated carbocycles. The first-order chi connectivity index (χ1) is 6.85. The molecule has 0 saturated heterocycles. The highest BCUT2D eigenvalue weighted by Gasteiger charge is 2.03. The summed E-state index contributed by atoms with van der Waals surface area (Å²) in [6.07, 6.45) is 0. The Morgan fingerprint density at radius 1 is 1.07 bits per heavy atom. The van der Waals surface area contributed by atoms with E-state index in [0.717, 1.165) is 5.39 Å². The lowest BCUT2D eigenvalue weighted by Gasteiger charge is -1.98. The topological polar surface area (TPSA) is 60.5 Å². The van der Waals surface area contributed by atoms with Gasteiger partial charge >= 0.3 is 0 Å². The van der Waals surface area contributed by atoms with Crippen molar-refractivity contribution in [2.75, 3.05) is 0 Å². The summed E-state index contributed by atoms with van der Waals surface area (Å²) in [5.41, 5.74) is 1.45. The second-order valence-electron chi connectivity index (χ2n) is 2.80. The Bertz CT molecular complexity index is 573. The van der Waals surface area contributed by atoms with Crippen LogP contribution in [-0.2, 0) is 0 Å². The number of pyridine rings is 1. The van der Waals surface area contributed by atoms with Gasteiger partial charge < -0.3 is 0 Å². The first-order valence-electron chi connectivity index (χ1n) is 4.05. The highest BCUT2D eigenvalue weighted by molar-refractivity contribution is 5.85. The van der Waals surface area contributed by atoms with E-state index in [9.17, 15) is 0 Å². The Morgan fingerprint density at radius 2 is 1.86 bits per heavy atom. The smallest absolute Gasteiger partial charge is 0.142 e. The monoisotopic (exact) mass is 179 g/mol. The lowest BCUT2D eigenvalue weighted by molar-refractivity contribution is 1.31. The van der Waals surface area contributed by atoms with Crippen LogP contribution >= 0.6 is 0 Å². The van der Waals surface area contributed by atoms with Crippen LogP contribution in [0.5, 0.6) is 0 Å². The van der Waals surface area contributed by atoms with Crippen LogP contribution in [0, 0.1) is 22.7 Å². The first-order valence-corrected chi connectivity index (χ1v) is 4.05. The molecule has 1 heterocycles. The summed E-state index contributed by atoms with van der Waals surface area (Å²) >= 11 is 0. The third kappa shape index (κ3) is 1.18. The van der Waals surface area contributed by atoms with E-state index in [1.54, 1.807) is 6.07 Å². The van der Waals surface area contributed by atoms with E-state index in [4.69, 9.17) is 10.5 Å². The average molecular weight is 179 g/mol. The predicted molar refractivity (Wildman–Crippen MR) is 51.2 cm³/mol. The number of rotatable bonds is 0. The largest absolute Gasteiger partial charge is 0.237 e. The summed E-state index contributed by atoms with van der Waals surface area (Å²) in [6.45, 7) is 0. The molecule has 0 aliphatic carbocycles. The maximum absolute atomic E-state index is 8.87. The molecule has 0 aliphatic heterocycles. The molecule has 1 aromatic carbocycles. The second kappa shape index (κ2) is 3.16. The van der Waals surface area contributed by atoms with Gasteiger partial charge in [-0.25, -0.2) is 4.98 Å². The zero-order valence-corrected chi connectivity index (χ0v) is 7.23. The zero-order chi connectivity index (χ0) is 9.97. The van der Waals surface area contributed by atoms with Crippen molar-refractivity contribution in [3.63, 3.8) is 0 Å². The van der Waals surface area contributed by atoms with Crippen molar-refractivity contribution in [3.8, 4) is 12.1 Å². The molecule has 0 unspecified atom stereocenters. The van der Waals surface area contributed by atoms with E-state index in [-0.39, 0.29) is 5.69 Å². The maximum atomic E-state index is 8.87. The lowest BCUT2D eigenvalue weighted by Crippen LogP contribution is -1.88. The normalized spacial score (nSPS) is 9.29. The number of fused-ring (bicyclic) bond motifs is 1. The van der Waals surface area contributed by atoms with Crippen LogP contribution in [0.25, 0.3) is 10.9 Å². The van der Waals surface area contributed by atoms with Gasteiger partial charge in [0.05, 0.1) is 17.1 Å². The van der Waals surface area contributed by atoms with Crippen molar-refractivity contribution in [3.05, 3.63) is 41.6 Å². The van der Waals surface area contributed by atoms with E-state index in [2.05, 4.69) is 11.1 Å². The molecular formula is C11H5N3. The molecule has 2 aromatic rings. The Morgan fingerprint density at radius 3 is 2.57 bits per heavy atom. The summed E-state index contributed by atoms with van der Waals surface area (Å²) in [5, 5.41) is 18.3. The summed E-state index contributed by atoms with van der Waals surface area (Å²) in [4.78, 5) is 4.09. The van der Waals surface area contributed by atoms with Crippen LogP contribution in [0.15, 0.2) is 30.3 Å². The molecule has 0 N–H and O–H groups in total. The molecule has 3 heteroatoms. The second-order valence-corrected chi connectivity index (χ2v) is 2.80. The minimum atomic E-state index is 0.278. The molecular weight excluding hydrogens is 174 g/mol. The van der Waals surface area contributed by atoms with E-state index in [1.807, 2.05) is 24.3 Å². The SMILES string of the molecule is N#Cc1cc(C#N)c2ccccc2n1. The molecule has 0 fully saturated rings. The van der Waals surface area contributed by atoms with Crippen molar-refractivity contribution in [1.82, 2.24) is 4.98 Å². The number of nitrogens with zero attached hydrogens (tertiary/aromatic N) is 3. The average Bonchev–Trinajstić information content (AvgIpc) is 2.27. The summed E-state index contributed by atoms with van der Waals surface area (Å²) in [5.74, 6) is 0. The van der Waals surface area contributed by atoms with Gasteiger partial charge in [-0.2, -0.15) is 10.5 Å². The molecule has 14 heavy (non-hydrogen) atoms. The molecule has 0 bridgehead atoms. The molecule has 64 valence electrons. The number of benzene rings is 1. The van der Waals surface area contributed by atoms with Crippen LogP contribution in [0.3, 0.4) is 0 Å². The fourth-order valence-electron chi connectivity index (χ4n) is 1.33. The van der Waals surface area contributed by atoms with Crippen LogP contribution in [0.1, 0.15) is 11.3 Å². The molecule has 0 amide bonds. The van der Waals surface area contributed by atoms with Gasteiger partial charge in [0, 0.05) is 5.39 Å². The molecule has 0 atom stereocenters. The zero-order valence-electron chi connectivity index (χ0n) is 7.23. The molecule has 0 aliphatic rings. The van der Waals surface area contributed by atoms with Gasteiger partial charge in [0.1, 0.15) is 11.8 Å². The maximum Gasteiger partial charge on any atom is 0.142 e. The minimum Gasteiger partial charge on any atom is -0.237 e. The molecule has 2 rings (SSSR count). The van der Waals surface area contributed by atoms with Gasteiger partial charge in [-0.1, -0.05) is 18.2 Å². The molecule has 1 aromatic heterocycles. The van der Waals surface area contributed by atoms with Gasteiger partial charge in [0.25, 0.3) is 0 Å². The van der Waals surface area contributed by atoms with E-state index < -0.39 is 0 Å². The van der Waals surface area contributed by atoms with Crippen molar-refractivity contribution in [1.29, 1.82) is 10.5 Å². The molecule has 0 radical (unpaired) electrons. The highest BCUT2D eigenvalue weighted by Crippen LogP contribution is 2.16. The fourth-order valence-corrected chi connectivity index (χ4v) is 1.33. The Hall–Kier alpha value is -2.39. The van der Waals surface area contributed by atoms with Crippen molar-refractivity contribution >= 4 is 10.9 Å². The lowest BCUT2D eigenvalue weighted by atomic mass is 10.1. The number of hydrogen-bond donors (Lipinski definition) is 0. The summed E-state index contributed by atoms with van der Waals surface area (Å²) in [6, 6.07) is 12.8. The van der Waals surface area contributed by atoms with Crippen molar-refractivity contribution < 1.29 is 0 Å². The van der Waals surface area contributed by atoms with Crippen LogP contribution < -0.4 is 0 Å². The van der Waals surface area contributed by atoms with Crippen molar-refractivity contribution in [2.24, 2.45) is 0 Å². The predicted octanol–water partition coefficient (Wildman–Crippen LogP) is 1.98. The Balaban J connectivity index is 2.90. The van der Waals surface area contributed by atoms with Crippen LogP contribution in [-0.4, -0.2) is 4.98 Å². The highest BCUT2D eigenvalue weighted by atomic mass is 14.7. The van der Waals surface area contributed by atoms with E-state index >= 15 is 0 Å². The van der Waals surface area contributed by atoms with Gasteiger partial charge in [0.2, 0.25) is 0 Å². The van der Waals surface area contributed by atoms with Gasteiger partial charge in [-0.3, -0.25) is 0 Å². The van der Waals surface area contributed by atoms with E-state index in [0.29, 0.717) is 11.1 Å². The van der Waals surface area contributed by atoms with Crippen molar-refractivity contribution in [2.45, 2.75) is 0 Å². The summed E-state index contributed by atoms with van der Waals surface area (Å²) < 4.78 is 0. The molecule has 0 spiro atoms. The number of hydrogen-bond acceptors (Lipinski definition) is 3. The third-order valence-corrected chi connectivity index (χ3v) is 1.95. The summed E-state index contributed by atoms with van der Waals surface area (Å²) in [7, 11) is 0. The molecule has 3 nitrogen and oxygen atoms in total. The van der Waals surface area contributed by atoms with Crippen LogP contribution in [0.4, 0.5) is 0 Å². The third-order valence-electron chi connectivity index (χ3n) is 1.95. The van der Waals surface area contributed by atoms with E-state index in [1.165, 1.54) is 6.07 Å². The first kappa shape index (κ1) is 8.22. The number of nitriles is 2. The van der Waals surface area contributed by atoms with Gasteiger partial charge in [-0.05, 0) is 12.1 Å².